The Kier molecular flexibility index (Phi) is 3.09. The maximum absolute atomic E-state index is 12.6. The van der Waals surface area contributed by atoms with Crippen molar-refractivity contribution in [1.82, 2.24) is 19.6 Å². The van der Waals surface area contributed by atoms with E-state index in [-0.39, 0.29) is 11.8 Å². The van der Waals surface area contributed by atoms with Crippen LogP contribution in [-0.2, 0) is 6.18 Å². The van der Waals surface area contributed by atoms with Crippen LogP contribution in [0.25, 0.3) is 5.78 Å². The van der Waals surface area contributed by atoms with E-state index in [4.69, 9.17) is 11.6 Å². The summed E-state index contributed by atoms with van der Waals surface area (Å²) >= 11 is 6.00. The molecule has 0 radical (unpaired) electrons. The normalized spacial score (nSPS) is 20.9. The van der Waals surface area contributed by atoms with Gasteiger partial charge in [0, 0.05) is 5.92 Å². The number of rotatable bonds is 2. The Labute approximate surface area is 133 Å². The Bertz CT molecular complexity index is 873. The molecule has 0 amide bonds. The quantitative estimate of drug-likeness (QED) is 0.662. The minimum absolute atomic E-state index is 0.149. The Morgan fingerprint density at radius 1 is 1.13 bits per heavy atom. The summed E-state index contributed by atoms with van der Waals surface area (Å²) in [6.45, 7) is 0. The lowest BCUT2D eigenvalue weighted by molar-refractivity contribution is -0.137. The van der Waals surface area contributed by atoms with Gasteiger partial charge in [0.1, 0.15) is 11.5 Å². The smallest absolute Gasteiger partial charge is 0.201 e. The highest BCUT2D eigenvalue weighted by molar-refractivity contribution is 6.29. The van der Waals surface area contributed by atoms with Crippen molar-refractivity contribution < 1.29 is 13.2 Å². The van der Waals surface area contributed by atoms with Crippen molar-refractivity contribution in [3.8, 4) is 0 Å². The molecule has 1 fully saturated rings. The number of nitrogens with zero attached hydrogens (tertiary/aromatic N) is 4. The van der Waals surface area contributed by atoms with Gasteiger partial charge in [0.05, 0.1) is 11.3 Å². The molecule has 3 aromatic rings. The van der Waals surface area contributed by atoms with Crippen molar-refractivity contribution in [2.45, 2.75) is 24.4 Å². The third-order valence-corrected chi connectivity index (χ3v) is 4.28. The topological polar surface area (TPSA) is 43.1 Å². The van der Waals surface area contributed by atoms with Crippen LogP contribution in [0.15, 0.2) is 36.7 Å². The Balaban J connectivity index is 1.63. The van der Waals surface area contributed by atoms with E-state index >= 15 is 0 Å². The van der Waals surface area contributed by atoms with Gasteiger partial charge in [-0.25, -0.2) is 4.52 Å². The van der Waals surface area contributed by atoms with Crippen LogP contribution in [0.1, 0.15) is 35.1 Å². The molecular weight excluding hydrogens is 329 g/mol. The summed E-state index contributed by atoms with van der Waals surface area (Å²) in [5, 5.41) is 4.46. The molecule has 0 saturated heterocycles. The second kappa shape index (κ2) is 4.92. The molecule has 4 rings (SSSR count). The monoisotopic (exact) mass is 338 g/mol. The molecule has 1 aliphatic carbocycles. The number of hydrogen-bond acceptors (Lipinski definition) is 3. The fourth-order valence-electron chi connectivity index (χ4n) is 2.88. The minimum atomic E-state index is -4.31. The van der Waals surface area contributed by atoms with Gasteiger partial charge in [-0.3, -0.25) is 0 Å². The summed E-state index contributed by atoms with van der Waals surface area (Å²) < 4.78 is 39.5. The van der Waals surface area contributed by atoms with E-state index in [9.17, 15) is 13.2 Å². The molecule has 0 spiro atoms. The Morgan fingerprint density at radius 2 is 1.87 bits per heavy atom. The van der Waals surface area contributed by atoms with Crippen molar-refractivity contribution in [3.63, 3.8) is 0 Å². The number of hydrogen-bond donors (Lipinski definition) is 0. The van der Waals surface area contributed by atoms with E-state index < -0.39 is 11.7 Å². The maximum Gasteiger partial charge on any atom is 0.416 e. The zero-order chi connectivity index (χ0) is 16.2. The molecule has 2 atom stereocenters. The highest BCUT2D eigenvalue weighted by atomic mass is 35.5. The van der Waals surface area contributed by atoms with Crippen molar-refractivity contribution in [2.75, 3.05) is 0 Å². The minimum Gasteiger partial charge on any atom is -0.201 e. The zero-order valence-electron chi connectivity index (χ0n) is 11.6. The van der Waals surface area contributed by atoms with Crippen LogP contribution in [0, 0.1) is 0 Å². The summed E-state index contributed by atoms with van der Waals surface area (Å²) in [5.41, 5.74) is 1.12. The summed E-state index contributed by atoms with van der Waals surface area (Å²) in [6, 6.07) is 7.05. The first-order valence-corrected chi connectivity index (χ1v) is 7.34. The lowest BCUT2D eigenvalue weighted by atomic mass is 10.1. The first-order valence-electron chi connectivity index (χ1n) is 6.97. The van der Waals surface area contributed by atoms with Crippen LogP contribution in [0.2, 0.25) is 5.15 Å². The van der Waals surface area contributed by atoms with Crippen LogP contribution in [-0.4, -0.2) is 19.6 Å². The lowest BCUT2D eigenvalue weighted by Gasteiger charge is -2.08. The first kappa shape index (κ1) is 14.4. The number of fused-ring (bicyclic) bond motifs is 1. The molecule has 0 N–H and O–H groups in total. The zero-order valence-corrected chi connectivity index (χ0v) is 12.4. The van der Waals surface area contributed by atoms with E-state index in [1.54, 1.807) is 10.6 Å². The molecule has 0 unspecified atom stereocenters. The van der Waals surface area contributed by atoms with Gasteiger partial charge >= 0.3 is 6.18 Å². The van der Waals surface area contributed by atoms with Crippen LogP contribution in [0.4, 0.5) is 13.2 Å². The third kappa shape index (κ3) is 2.55. The summed E-state index contributed by atoms with van der Waals surface area (Å²) in [5.74, 6) is 0.727. The predicted octanol–water partition coefficient (Wildman–Crippen LogP) is 4.07. The van der Waals surface area contributed by atoms with Crippen LogP contribution < -0.4 is 0 Å². The molecule has 23 heavy (non-hydrogen) atoms. The average molecular weight is 339 g/mol. The first-order chi connectivity index (χ1) is 10.9. The second-order valence-electron chi connectivity index (χ2n) is 5.54. The molecule has 1 aromatic carbocycles. The summed E-state index contributed by atoms with van der Waals surface area (Å²) in [4.78, 5) is 8.09. The van der Waals surface area contributed by atoms with E-state index in [0.29, 0.717) is 10.9 Å². The van der Waals surface area contributed by atoms with Gasteiger partial charge in [0.15, 0.2) is 0 Å². The Hall–Kier alpha value is -2.15. The van der Waals surface area contributed by atoms with Crippen molar-refractivity contribution in [1.29, 1.82) is 0 Å². The SMILES string of the molecule is FC(F)(F)c1ccc([C@H]2C[C@@H]2c2cc(Cl)nc3ncnn23)cc1. The standard InChI is InChI=1S/C15H10ClF3N4/c16-13-6-12(23-14(22-13)20-7-21-23)11-5-10(11)8-1-3-9(4-2-8)15(17,18)19/h1-4,6-7,10-11H,5H2/t10-,11+/m1/s1. The summed E-state index contributed by atoms with van der Waals surface area (Å²) in [6.07, 6.45) is -2.08. The number of benzene rings is 1. The molecule has 2 aromatic heterocycles. The van der Waals surface area contributed by atoms with Crippen LogP contribution in [0.5, 0.6) is 0 Å². The van der Waals surface area contributed by atoms with Crippen molar-refractivity contribution >= 4 is 17.4 Å². The van der Waals surface area contributed by atoms with E-state index in [2.05, 4.69) is 15.1 Å². The predicted molar refractivity (Wildman–Crippen MR) is 77.3 cm³/mol. The van der Waals surface area contributed by atoms with Gasteiger partial charge in [0.25, 0.3) is 5.78 Å². The van der Waals surface area contributed by atoms with Crippen LogP contribution >= 0.6 is 11.6 Å². The molecule has 1 aliphatic rings. The Morgan fingerprint density at radius 3 is 2.57 bits per heavy atom. The maximum atomic E-state index is 12.6. The third-order valence-electron chi connectivity index (χ3n) is 4.08. The van der Waals surface area contributed by atoms with Gasteiger partial charge < -0.3 is 0 Å². The molecule has 2 heterocycles. The molecule has 118 valence electrons. The molecular formula is C15H10ClF3N4. The highest BCUT2D eigenvalue weighted by Crippen LogP contribution is 2.54. The number of alkyl halides is 3. The molecule has 1 saturated carbocycles. The van der Waals surface area contributed by atoms with E-state index in [1.807, 2.05) is 0 Å². The van der Waals surface area contributed by atoms with Gasteiger partial charge in [-0.15, -0.1) is 0 Å². The lowest BCUT2D eigenvalue weighted by Crippen LogP contribution is -2.04. The van der Waals surface area contributed by atoms with Gasteiger partial charge in [-0.2, -0.15) is 28.2 Å². The van der Waals surface area contributed by atoms with E-state index in [0.717, 1.165) is 29.8 Å². The fourth-order valence-corrected chi connectivity index (χ4v) is 3.07. The molecule has 8 heteroatoms. The number of halogens is 4. The second-order valence-corrected chi connectivity index (χ2v) is 5.93. The average Bonchev–Trinajstić information content (AvgIpc) is 3.16. The fraction of sp³-hybridized carbons (Fsp3) is 0.267. The summed E-state index contributed by atoms with van der Waals surface area (Å²) in [7, 11) is 0. The van der Waals surface area contributed by atoms with E-state index in [1.165, 1.54) is 18.5 Å². The largest absolute Gasteiger partial charge is 0.416 e. The van der Waals surface area contributed by atoms with Gasteiger partial charge in [-0.05, 0) is 36.1 Å². The van der Waals surface area contributed by atoms with Gasteiger partial charge in [0.2, 0.25) is 0 Å². The van der Waals surface area contributed by atoms with Crippen LogP contribution in [0.3, 0.4) is 0 Å². The van der Waals surface area contributed by atoms with Gasteiger partial charge in [-0.1, -0.05) is 23.7 Å². The van der Waals surface area contributed by atoms with Crippen molar-refractivity contribution in [2.24, 2.45) is 0 Å². The molecule has 0 aliphatic heterocycles. The van der Waals surface area contributed by atoms with Crippen molar-refractivity contribution in [3.05, 3.63) is 58.6 Å². The number of aromatic nitrogens is 4. The molecule has 4 nitrogen and oxygen atoms in total. The molecule has 0 bridgehead atoms. The highest BCUT2D eigenvalue weighted by Gasteiger charge is 2.42.